The Balaban J connectivity index is 3.11. The van der Waals surface area contributed by atoms with Crippen LogP contribution in [-0.4, -0.2) is 11.4 Å². The van der Waals surface area contributed by atoms with Crippen molar-refractivity contribution < 1.29 is 0 Å². The number of hydrogen-bond donors (Lipinski definition) is 2. The van der Waals surface area contributed by atoms with E-state index in [1.807, 2.05) is 13.8 Å². The van der Waals surface area contributed by atoms with Crippen molar-refractivity contribution in [2.45, 2.75) is 32.1 Å². The summed E-state index contributed by atoms with van der Waals surface area (Å²) in [5, 5.41) is 3.24. The topological polar surface area (TPSA) is 12.0 Å². The first-order chi connectivity index (χ1) is 3.56. The van der Waals surface area contributed by atoms with Gasteiger partial charge in [-0.25, -0.2) is 0 Å². The molecule has 0 saturated heterocycles. The van der Waals surface area contributed by atoms with E-state index in [9.17, 15) is 0 Å². The Hall–Kier alpha value is 0.310. The molecule has 0 fully saturated rings. The highest BCUT2D eigenvalue weighted by Gasteiger charge is 2.06. The van der Waals surface area contributed by atoms with Crippen molar-refractivity contribution in [3.63, 3.8) is 0 Å². The molecule has 8 heavy (non-hydrogen) atoms. The van der Waals surface area contributed by atoms with Gasteiger partial charge in [-0.2, -0.15) is 12.6 Å². The van der Waals surface area contributed by atoms with Gasteiger partial charge in [-0.05, 0) is 26.8 Å². The molecule has 0 aliphatic rings. The maximum absolute atomic E-state index is 4.28. The fourth-order valence-corrected chi connectivity index (χ4v) is 0.543. The Bertz CT molecular complexity index is 56.0. The van der Waals surface area contributed by atoms with Crippen LogP contribution in [0.4, 0.5) is 0 Å². The van der Waals surface area contributed by atoms with Crippen molar-refractivity contribution in [1.82, 2.24) is 5.32 Å². The van der Waals surface area contributed by atoms with E-state index in [0.717, 1.165) is 6.54 Å². The summed E-state index contributed by atoms with van der Waals surface area (Å²) in [4.78, 5) is -0.00396. The van der Waals surface area contributed by atoms with Gasteiger partial charge in [-0.1, -0.05) is 6.92 Å². The van der Waals surface area contributed by atoms with Crippen LogP contribution in [0.5, 0.6) is 0 Å². The van der Waals surface area contributed by atoms with Crippen LogP contribution in [0.1, 0.15) is 27.2 Å². The number of nitrogens with one attached hydrogen (secondary N) is 1. The van der Waals surface area contributed by atoms with Crippen LogP contribution >= 0.6 is 12.6 Å². The number of thiol groups is 1. The first-order valence-corrected chi connectivity index (χ1v) is 3.48. The third kappa shape index (κ3) is 6.31. The summed E-state index contributed by atoms with van der Waals surface area (Å²) in [6, 6.07) is 0. The van der Waals surface area contributed by atoms with Crippen LogP contribution in [0.25, 0.3) is 0 Å². The largest absolute Gasteiger partial charge is 0.303 e. The van der Waals surface area contributed by atoms with Crippen molar-refractivity contribution in [2.75, 3.05) is 6.54 Å². The molecular formula is C6H15NS. The maximum atomic E-state index is 4.28. The molecule has 1 nitrogen and oxygen atoms in total. The van der Waals surface area contributed by atoms with Gasteiger partial charge in [0.15, 0.2) is 0 Å². The third-order valence-corrected chi connectivity index (χ3v) is 0.966. The summed E-state index contributed by atoms with van der Waals surface area (Å²) in [5.74, 6) is 0. The second-order valence-corrected chi connectivity index (χ2v) is 3.60. The molecule has 0 rings (SSSR count). The van der Waals surface area contributed by atoms with E-state index in [4.69, 9.17) is 0 Å². The molecular weight excluding hydrogens is 118 g/mol. The molecule has 0 aromatic rings. The van der Waals surface area contributed by atoms with Crippen molar-refractivity contribution >= 4 is 12.6 Å². The van der Waals surface area contributed by atoms with Gasteiger partial charge in [0.25, 0.3) is 0 Å². The van der Waals surface area contributed by atoms with E-state index in [1.54, 1.807) is 0 Å². The standard InChI is InChI=1S/C6H15NS/c1-4-5-7-6(2,3)8/h7-8H,4-5H2,1-3H3. The van der Waals surface area contributed by atoms with Crippen LogP contribution in [0.3, 0.4) is 0 Å². The zero-order valence-electron chi connectivity index (χ0n) is 5.86. The maximum Gasteiger partial charge on any atom is 0.0558 e. The first kappa shape index (κ1) is 8.31. The Morgan fingerprint density at radius 1 is 1.50 bits per heavy atom. The van der Waals surface area contributed by atoms with Gasteiger partial charge in [0.1, 0.15) is 0 Å². The van der Waals surface area contributed by atoms with E-state index in [-0.39, 0.29) is 4.87 Å². The zero-order valence-corrected chi connectivity index (χ0v) is 6.76. The Kier molecular flexibility index (Phi) is 3.49. The minimum Gasteiger partial charge on any atom is -0.303 e. The van der Waals surface area contributed by atoms with Gasteiger partial charge in [-0.15, -0.1) is 0 Å². The van der Waals surface area contributed by atoms with Crippen molar-refractivity contribution in [1.29, 1.82) is 0 Å². The molecule has 0 aliphatic heterocycles. The quantitative estimate of drug-likeness (QED) is 0.440. The van der Waals surface area contributed by atoms with E-state index >= 15 is 0 Å². The van der Waals surface area contributed by atoms with Crippen molar-refractivity contribution in [3.05, 3.63) is 0 Å². The molecule has 0 aliphatic carbocycles. The molecule has 0 aromatic heterocycles. The van der Waals surface area contributed by atoms with Gasteiger partial charge in [-0.3, -0.25) is 0 Å². The summed E-state index contributed by atoms with van der Waals surface area (Å²) >= 11 is 4.28. The number of hydrogen-bond acceptors (Lipinski definition) is 2. The molecule has 0 radical (unpaired) electrons. The molecule has 0 amide bonds. The van der Waals surface area contributed by atoms with Crippen LogP contribution in [0.2, 0.25) is 0 Å². The highest BCUT2D eigenvalue weighted by Crippen LogP contribution is 2.05. The zero-order chi connectivity index (χ0) is 6.62. The lowest BCUT2D eigenvalue weighted by molar-refractivity contribution is 0.543. The molecule has 50 valence electrons. The molecule has 0 atom stereocenters. The predicted molar refractivity (Wildman–Crippen MR) is 41.4 cm³/mol. The summed E-state index contributed by atoms with van der Waals surface area (Å²) in [6.45, 7) is 7.29. The lowest BCUT2D eigenvalue weighted by Gasteiger charge is -2.18. The Morgan fingerprint density at radius 2 is 2.00 bits per heavy atom. The van der Waals surface area contributed by atoms with Gasteiger partial charge in [0.2, 0.25) is 0 Å². The van der Waals surface area contributed by atoms with Gasteiger partial charge >= 0.3 is 0 Å². The van der Waals surface area contributed by atoms with Crippen molar-refractivity contribution in [3.8, 4) is 0 Å². The first-order valence-electron chi connectivity index (χ1n) is 3.03. The highest BCUT2D eigenvalue weighted by molar-refractivity contribution is 7.81. The molecule has 2 heteroatoms. The third-order valence-electron chi connectivity index (χ3n) is 0.808. The van der Waals surface area contributed by atoms with E-state index in [1.165, 1.54) is 6.42 Å². The normalized spacial score (nSPS) is 12.0. The van der Waals surface area contributed by atoms with Crippen LogP contribution < -0.4 is 5.32 Å². The van der Waals surface area contributed by atoms with Crippen molar-refractivity contribution in [2.24, 2.45) is 0 Å². The predicted octanol–water partition coefficient (Wildman–Crippen LogP) is 1.65. The molecule has 0 saturated carbocycles. The highest BCUT2D eigenvalue weighted by atomic mass is 32.1. The minimum absolute atomic E-state index is 0.00396. The summed E-state index contributed by atoms with van der Waals surface area (Å²) in [6.07, 6.45) is 1.17. The van der Waals surface area contributed by atoms with Crippen LogP contribution in [-0.2, 0) is 0 Å². The lowest BCUT2D eigenvalue weighted by atomic mass is 10.3. The fraction of sp³-hybridized carbons (Fsp3) is 1.00. The van der Waals surface area contributed by atoms with E-state index < -0.39 is 0 Å². The summed E-state index contributed by atoms with van der Waals surface area (Å²) in [5.41, 5.74) is 0. The van der Waals surface area contributed by atoms with Gasteiger partial charge < -0.3 is 5.32 Å². The van der Waals surface area contributed by atoms with Crippen LogP contribution in [0, 0.1) is 0 Å². The van der Waals surface area contributed by atoms with E-state index in [2.05, 4.69) is 24.9 Å². The molecule has 0 heterocycles. The average Bonchev–Trinajstić information content (AvgIpc) is 1.59. The van der Waals surface area contributed by atoms with Gasteiger partial charge in [0, 0.05) is 0 Å². The molecule has 0 aromatic carbocycles. The molecule has 0 unspecified atom stereocenters. The SMILES string of the molecule is CCCNC(C)(C)S. The average molecular weight is 133 g/mol. The van der Waals surface area contributed by atoms with Crippen LogP contribution in [0.15, 0.2) is 0 Å². The lowest BCUT2D eigenvalue weighted by Crippen LogP contribution is -2.33. The monoisotopic (exact) mass is 133 g/mol. The summed E-state index contributed by atoms with van der Waals surface area (Å²) in [7, 11) is 0. The summed E-state index contributed by atoms with van der Waals surface area (Å²) < 4.78 is 0. The minimum atomic E-state index is -0.00396. The second kappa shape index (κ2) is 3.36. The Morgan fingerprint density at radius 3 is 2.12 bits per heavy atom. The molecule has 0 spiro atoms. The second-order valence-electron chi connectivity index (χ2n) is 2.49. The molecule has 0 bridgehead atoms. The van der Waals surface area contributed by atoms with Gasteiger partial charge in [0.05, 0.1) is 4.87 Å². The van der Waals surface area contributed by atoms with E-state index in [0.29, 0.717) is 0 Å². The smallest absolute Gasteiger partial charge is 0.0558 e. The number of rotatable bonds is 3. The Labute approximate surface area is 57.3 Å². The fourth-order valence-electron chi connectivity index (χ4n) is 0.431. The molecule has 1 N–H and O–H groups in total.